The molecule has 0 aromatic carbocycles. The molecule has 12 nitrogen and oxygen atoms in total. The number of nitrogens with two attached hydrogens (primary N) is 1. The first kappa shape index (κ1) is 59.5. The number of alkyl halides is 3. The molecule has 0 aliphatic rings. The van der Waals surface area contributed by atoms with Crippen LogP contribution >= 0.6 is 11.8 Å². The molecule has 1 amide bonds. The third kappa shape index (κ3) is 39.5. The van der Waals surface area contributed by atoms with E-state index in [1.54, 1.807) is 0 Å². The van der Waals surface area contributed by atoms with Gasteiger partial charge in [0.25, 0.3) is 0 Å². The molecule has 0 unspecified atom stereocenters. The number of methoxy groups -OCH3 is 1. The molecule has 3 atom stereocenters. The fraction of sp³-hybridized carbons (Fsp3) is 0.886. The maximum Gasteiger partial charge on any atom is 0.490 e. The van der Waals surface area contributed by atoms with Crippen LogP contribution in [-0.2, 0) is 38.2 Å². The molecule has 5 N–H and O–H groups in total. The van der Waals surface area contributed by atoms with E-state index in [0.29, 0.717) is 12.8 Å². The lowest BCUT2D eigenvalue weighted by atomic mass is 10.0. The van der Waals surface area contributed by atoms with E-state index >= 15 is 0 Å². The lowest BCUT2D eigenvalue weighted by Gasteiger charge is -2.20. The van der Waals surface area contributed by atoms with Gasteiger partial charge in [0.2, 0.25) is 5.91 Å². The van der Waals surface area contributed by atoms with Gasteiger partial charge < -0.3 is 35.5 Å². The second-order valence-electron chi connectivity index (χ2n) is 15.5. The zero-order valence-corrected chi connectivity index (χ0v) is 38.0. The van der Waals surface area contributed by atoms with Gasteiger partial charge in [0, 0.05) is 24.3 Å². The van der Waals surface area contributed by atoms with Crippen LogP contribution in [0.15, 0.2) is 0 Å². The smallest absolute Gasteiger partial charge is 0.475 e. The fourth-order valence-electron chi connectivity index (χ4n) is 6.20. The Hall–Kier alpha value is -2.59. The molecule has 0 aromatic heterocycles. The molecule has 0 fully saturated rings. The van der Waals surface area contributed by atoms with Gasteiger partial charge in [-0.25, -0.2) is 9.59 Å². The summed E-state index contributed by atoms with van der Waals surface area (Å²) in [7, 11) is 1.17. The zero-order chi connectivity index (χ0) is 45.3. The monoisotopic (exact) mass is 887 g/mol. The lowest BCUT2D eigenvalue weighted by molar-refractivity contribution is -0.192. The van der Waals surface area contributed by atoms with Gasteiger partial charge in [0.05, 0.1) is 19.8 Å². The predicted molar refractivity (Wildman–Crippen MR) is 231 cm³/mol. The molecule has 16 heteroatoms. The third-order valence-electron chi connectivity index (χ3n) is 9.86. The van der Waals surface area contributed by atoms with Gasteiger partial charge in [-0.05, 0) is 12.8 Å². The topological polar surface area (TPSA) is 192 Å². The summed E-state index contributed by atoms with van der Waals surface area (Å²) in [5.41, 5.74) is 6.01. The summed E-state index contributed by atoms with van der Waals surface area (Å²) in [6, 6.07) is -2.17. The van der Waals surface area contributed by atoms with Crippen LogP contribution in [0, 0.1) is 0 Å². The van der Waals surface area contributed by atoms with Gasteiger partial charge >= 0.3 is 30.1 Å². The normalized spacial score (nSPS) is 12.7. The number of ether oxygens (including phenoxy) is 3. The largest absolute Gasteiger partial charge is 0.490 e. The van der Waals surface area contributed by atoms with E-state index in [0.717, 1.165) is 38.5 Å². The minimum Gasteiger partial charge on any atom is -0.475 e. The van der Waals surface area contributed by atoms with Crippen LogP contribution < -0.4 is 11.1 Å². The molecule has 0 aromatic rings. The molecule has 0 saturated heterocycles. The van der Waals surface area contributed by atoms with E-state index in [4.69, 9.17) is 25.1 Å². The highest BCUT2D eigenvalue weighted by Crippen LogP contribution is 2.17. The Morgan fingerprint density at radius 1 is 0.633 bits per heavy atom. The summed E-state index contributed by atoms with van der Waals surface area (Å²) in [6.07, 6.45) is 26.8. The Balaban J connectivity index is 0. The van der Waals surface area contributed by atoms with Crippen LogP contribution in [0.1, 0.15) is 194 Å². The first-order valence-electron chi connectivity index (χ1n) is 22.7. The number of carbonyl (C=O) groups excluding carboxylic acids is 4. The first-order chi connectivity index (χ1) is 28.7. The summed E-state index contributed by atoms with van der Waals surface area (Å²) in [4.78, 5) is 58.3. The van der Waals surface area contributed by atoms with E-state index in [2.05, 4.69) is 23.9 Å². The number of halogens is 3. The van der Waals surface area contributed by atoms with E-state index in [-0.39, 0.29) is 30.1 Å². The average molecular weight is 887 g/mol. The van der Waals surface area contributed by atoms with Gasteiger partial charge in [0.15, 0.2) is 6.04 Å². The highest BCUT2D eigenvalue weighted by Gasteiger charge is 2.38. The molecule has 0 aliphatic heterocycles. The molecule has 0 rings (SSSR count). The predicted octanol–water partition coefficient (Wildman–Crippen LogP) is 9.75. The van der Waals surface area contributed by atoms with E-state index < -0.39 is 48.8 Å². The molecule has 0 bridgehead atoms. The Kier molecular flexibility index (Phi) is 41.4. The number of amides is 1. The molecule has 0 saturated carbocycles. The molecular weight excluding hydrogens is 806 g/mol. The van der Waals surface area contributed by atoms with Crippen LogP contribution in [0.5, 0.6) is 0 Å². The molecule has 60 heavy (non-hydrogen) atoms. The Labute approximate surface area is 363 Å². The van der Waals surface area contributed by atoms with Crippen molar-refractivity contribution in [3.05, 3.63) is 0 Å². The van der Waals surface area contributed by atoms with E-state index in [1.807, 2.05) is 0 Å². The van der Waals surface area contributed by atoms with Crippen molar-refractivity contribution < 1.29 is 61.6 Å². The van der Waals surface area contributed by atoms with Crippen LogP contribution in [-0.4, -0.2) is 96.2 Å². The number of aliphatic hydroxyl groups excluding tert-OH is 1. The Bertz CT molecular complexity index is 1090. The Morgan fingerprint density at radius 2 is 1.00 bits per heavy atom. The van der Waals surface area contributed by atoms with Crippen molar-refractivity contribution in [1.82, 2.24) is 5.32 Å². The molecule has 0 spiro atoms. The summed E-state index contributed by atoms with van der Waals surface area (Å²) >= 11 is 1.29. The maximum absolute atomic E-state index is 12.7. The zero-order valence-electron chi connectivity index (χ0n) is 37.1. The van der Waals surface area contributed by atoms with E-state index in [1.165, 1.54) is 147 Å². The maximum atomic E-state index is 12.7. The average Bonchev–Trinajstić information content (AvgIpc) is 3.21. The van der Waals surface area contributed by atoms with Crippen LogP contribution in [0.2, 0.25) is 0 Å². The third-order valence-corrected chi connectivity index (χ3v) is 11.1. The van der Waals surface area contributed by atoms with E-state index in [9.17, 15) is 37.5 Å². The summed E-state index contributed by atoms with van der Waals surface area (Å²) in [5.74, 6) is -4.30. The number of esters is 3. The van der Waals surface area contributed by atoms with Crippen molar-refractivity contribution in [3.8, 4) is 0 Å². The van der Waals surface area contributed by atoms with Crippen molar-refractivity contribution >= 4 is 41.5 Å². The number of hydrogen-bond donors (Lipinski definition) is 4. The van der Waals surface area contributed by atoms with Crippen molar-refractivity contribution in [3.63, 3.8) is 0 Å². The highest BCUT2D eigenvalue weighted by atomic mass is 32.2. The van der Waals surface area contributed by atoms with Crippen molar-refractivity contribution in [2.75, 3.05) is 31.8 Å². The molecule has 0 aliphatic carbocycles. The number of hydrogen-bond acceptors (Lipinski definition) is 11. The minimum atomic E-state index is -5.08. The highest BCUT2D eigenvalue weighted by molar-refractivity contribution is 7.99. The SMILES string of the molecule is CCCCCCCCCCCCCCCC(=O)OC[C@H](CSC[C@H](N)C(=O)N[C@H](CO)C(=O)OC)OC(=O)CCCCCCCCCCCCCCC.O=C(O)C(F)(F)F. The molecular formula is C44H81F3N2O10S. The van der Waals surface area contributed by atoms with Gasteiger partial charge in [-0.1, -0.05) is 168 Å². The summed E-state index contributed by atoms with van der Waals surface area (Å²) in [6.45, 7) is 3.84. The summed E-state index contributed by atoms with van der Waals surface area (Å²) in [5, 5.41) is 18.9. The second-order valence-corrected chi connectivity index (χ2v) is 16.6. The number of unbranched alkanes of at least 4 members (excludes halogenated alkanes) is 24. The molecule has 354 valence electrons. The van der Waals surface area contributed by atoms with Crippen LogP contribution in [0.3, 0.4) is 0 Å². The van der Waals surface area contributed by atoms with Crippen molar-refractivity contribution in [2.45, 2.75) is 218 Å². The number of carboxylic acids is 1. The summed E-state index contributed by atoms with van der Waals surface area (Å²) < 4.78 is 47.6. The fourth-order valence-corrected chi connectivity index (χ4v) is 7.16. The van der Waals surface area contributed by atoms with Crippen molar-refractivity contribution in [2.24, 2.45) is 5.73 Å². The number of nitrogens with one attached hydrogen (secondary N) is 1. The van der Waals surface area contributed by atoms with Crippen LogP contribution in [0.4, 0.5) is 13.2 Å². The standard InChI is InChI=1S/C42H80N2O8S.C2HF3O2/c1-4-6-8-10-12-14-16-18-20-22-24-26-28-30-39(46)51-33-36(34-53-35-37(43)41(48)44-38(32-45)42(49)50-3)52-40(47)31-29-27-25-23-21-19-17-15-13-11-9-7-5-2;3-2(4,5)1(6)7/h36-38,45H,4-35,43H2,1-3H3,(H,44,48);(H,6,7)/t36-,37+,38-;/m1./s1. The van der Waals surface area contributed by atoms with Crippen molar-refractivity contribution in [1.29, 1.82) is 0 Å². The van der Waals surface area contributed by atoms with Gasteiger partial charge in [-0.15, -0.1) is 0 Å². The number of aliphatic hydroxyl groups is 1. The molecule has 0 radical (unpaired) electrons. The number of carbonyl (C=O) groups is 5. The first-order valence-corrected chi connectivity index (χ1v) is 23.9. The quantitative estimate of drug-likeness (QED) is 0.0260. The lowest BCUT2D eigenvalue weighted by Crippen LogP contribution is -2.51. The number of aliphatic carboxylic acids is 1. The number of thioether (sulfide) groups is 1. The minimum absolute atomic E-state index is 0.0506. The van der Waals surface area contributed by atoms with Gasteiger partial charge in [0.1, 0.15) is 12.7 Å². The van der Waals surface area contributed by atoms with Crippen LogP contribution in [0.25, 0.3) is 0 Å². The second kappa shape index (κ2) is 41.7. The Morgan fingerprint density at radius 3 is 1.35 bits per heavy atom. The van der Waals surface area contributed by atoms with Gasteiger partial charge in [-0.3, -0.25) is 14.4 Å². The number of carboxylic acid groups (broad SMARTS) is 1. The van der Waals surface area contributed by atoms with Gasteiger partial charge in [-0.2, -0.15) is 24.9 Å². The molecule has 0 heterocycles. The number of rotatable bonds is 39.